The number of hydrogen-bond donors (Lipinski definition) is 3. The fourth-order valence-electron chi connectivity index (χ4n) is 1.60. The highest BCUT2D eigenvalue weighted by molar-refractivity contribution is 5.98. The molecule has 17 heavy (non-hydrogen) atoms. The molecule has 1 aromatic carbocycles. The molecule has 0 bridgehead atoms. The number of nitrogens with one attached hydrogen (secondary N) is 1. The molecule has 5 nitrogen and oxygen atoms in total. The Labute approximate surface area is 95.9 Å². The third-order valence-electron chi connectivity index (χ3n) is 2.68. The molecule has 1 amide bonds. The summed E-state index contributed by atoms with van der Waals surface area (Å²) >= 11 is 0. The Morgan fingerprint density at radius 2 is 2.06 bits per heavy atom. The van der Waals surface area contributed by atoms with Gasteiger partial charge in [-0.25, -0.2) is 4.39 Å². The highest BCUT2D eigenvalue weighted by atomic mass is 19.1. The Balaban J connectivity index is 2.05. The highest BCUT2D eigenvalue weighted by Gasteiger charge is 2.48. The molecule has 2 rings (SSSR count). The van der Waals surface area contributed by atoms with E-state index in [1.165, 1.54) is 12.1 Å². The van der Waals surface area contributed by atoms with Gasteiger partial charge in [-0.2, -0.15) is 0 Å². The first-order valence-electron chi connectivity index (χ1n) is 5.02. The Morgan fingerprint density at radius 1 is 1.35 bits per heavy atom. The molecule has 0 spiro atoms. The van der Waals surface area contributed by atoms with Gasteiger partial charge in [0.05, 0.1) is 17.5 Å². The molecule has 0 heterocycles. The average Bonchev–Trinajstić information content (AvgIpc) is 3.04. The van der Waals surface area contributed by atoms with Crippen LogP contribution in [0.1, 0.15) is 6.42 Å². The Hall–Kier alpha value is -2.11. The second-order valence-electron chi connectivity index (χ2n) is 3.91. The van der Waals surface area contributed by atoms with Crippen molar-refractivity contribution in [1.82, 2.24) is 0 Å². The van der Waals surface area contributed by atoms with E-state index in [-0.39, 0.29) is 12.1 Å². The number of carboxylic acid groups (broad SMARTS) is 1. The van der Waals surface area contributed by atoms with E-state index < -0.39 is 35.3 Å². The predicted octanol–water partition coefficient (Wildman–Crippen LogP) is 1.19. The summed E-state index contributed by atoms with van der Waals surface area (Å²) in [4.78, 5) is 22.1. The standard InChI is InChI=1S/C11H10FNO4/c12-9-7(2-1-3-8(9)14)13-10(15)5-4-6(5)11(16)17/h1-3,5-6,14H,4H2,(H,13,15)(H,16,17)/t5-,6-/m1/s1. The van der Waals surface area contributed by atoms with Crippen molar-refractivity contribution in [2.45, 2.75) is 6.42 Å². The van der Waals surface area contributed by atoms with E-state index in [2.05, 4.69) is 5.32 Å². The third kappa shape index (κ3) is 2.20. The zero-order chi connectivity index (χ0) is 12.6. The Bertz CT molecular complexity index is 488. The largest absolute Gasteiger partial charge is 0.505 e. The number of aliphatic carboxylic acids is 1. The maximum absolute atomic E-state index is 13.3. The van der Waals surface area contributed by atoms with Gasteiger partial charge in [-0.1, -0.05) is 6.07 Å². The van der Waals surface area contributed by atoms with Crippen LogP contribution in [0.15, 0.2) is 18.2 Å². The first-order chi connectivity index (χ1) is 8.00. The Kier molecular flexibility index (Phi) is 2.71. The summed E-state index contributed by atoms with van der Waals surface area (Å²) < 4.78 is 13.3. The maximum Gasteiger partial charge on any atom is 0.307 e. The monoisotopic (exact) mass is 239 g/mol. The predicted molar refractivity (Wildman–Crippen MR) is 55.9 cm³/mol. The van der Waals surface area contributed by atoms with E-state index in [1.807, 2.05) is 0 Å². The van der Waals surface area contributed by atoms with Crippen LogP contribution in [0, 0.1) is 17.7 Å². The van der Waals surface area contributed by atoms with Crippen LogP contribution in [0.25, 0.3) is 0 Å². The minimum absolute atomic E-state index is 0.147. The molecule has 0 aromatic heterocycles. The lowest BCUT2D eigenvalue weighted by molar-refractivity contribution is -0.139. The summed E-state index contributed by atoms with van der Waals surface area (Å²) in [6.45, 7) is 0. The van der Waals surface area contributed by atoms with Crippen molar-refractivity contribution in [3.63, 3.8) is 0 Å². The van der Waals surface area contributed by atoms with Crippen LogP contribution in [0.5, 0.6) is 5.75 Å². The van der Waals surface area contributed by atoms with Crippen molar-refractivity contribution in [1.29, 1.82) is 0 Å². The van der Waals surface area contributed by atoms with Gasteiger partial charge >= 0.3 is 5.97 Å². The molecular weight excluding hydrogens is 229 g/mol. The number of carboxylic acids is 1. The molecule has 0 aliphatic heterocycles. The van der Waals surface area contributed by atoms with Crippen molar-refractivity contribution in [2.24, 2.45) is 11.8 Å². The summed E-state index contributed by atoms with van der Waals surface area (Å²) in [5.41, 5.74) is -0.147. The number of halogens is 1. The summed E-state index contributed by atoms with van der Waals surface area (Å²) in [5.74, 6) is -4.35. The molecule has 90 valence electrons. The van der Waals surface area contributed by atoms with Gasteiger partial charge in [-0.15, -0.1) is 0 Å². The molecule has 0 radical (unpaired) electrons. The number of benzene rings is 1. The van der Waals surface area contributed by atoms with Gasteiger partial charge in [0.25, 0.3) is 0 Å². The van der Waals surface area contributed by atoms with Gasteiger partial charge < -0.3 is 15.5 Å². The smallest absolute Gasteiger partial charge is 0.307 e. The minimum Gasteiger partial charge on any atom is -0.505 e. The van der Waals surface area contributed by atoms with Crippen LogP contribution in [0.4, 0.5) is 10.1 Å². The van der Waals surface area contributed by atoms with Crippen LogP contribution in [0.3, 0.4) is 0 Å². The number of carbonyl (C=O) groups excluding carboxylic acids is 1. The first kappa shape index (κ1) is 11.4. The van der Waals surface area contributed by atoms with Gasteiger partial charge in [-0.3, -0.25) is 9.59 Å². The molecule has 0 saturated heterocycles. The molecule has 1 fully saturated rings. The summed E-state index contributed by atoms with van der Waals surface area (Å²) in [6, 6.07) is 3.84. The lowest BCUT2D eigenvalue weighted by atomic mass is 10.2. The summed E-state index contributed by atoms with van der Waals surface area (Å²) in [5, 5.41) is 20.0. The zero-order valence-corrected chi connectivity index (χ0v) is 8.68. The highest BCUT2D eigenvalue weighted by Crippen LogP contribution is 2.39. The lowest BCUT2D eigenvalue weighted by Gasteiger charge is -2.06. The quantitative estimate of drug-likeness (QED) is 0.739. The van der Waals surface area contributed by atoms with Crippen molar-refractivity contribution >= 4 is 17.6 Å². The SMILES string of the molecule is O=C(O)[C@@H]1C[C@H]1C(=O)Nc1cccc(O)c1F. The topological polar surface area (TPSA) is 86.6 Å². The van der Waals surface area contributed by atoms with Crippen molar-refractivity contribution in [3.05, 3.63) is 24.0 Å². The van der Waals surface area contributed by atoms with Gasteiger partial charge in [0.15, 0.2) is 11.6 Å². The number of amides is 1. The van der Waals surface area contributed by atoms with E-state index in [9.17, 15) is 14.0 Å². The van der Waals surface area contributed by atoms with E-state index in [1.54, 1.807) is 0 Å². The fourth-order valence-corrected chi connectivity index (χ4v) is 1.60. The number of aromatic hydroxyl groups is 1. The number of rotatable bonds is 3. The van der Waals surface area contributed by atoms with Crippen LogP contribution in [0.2, 0.25) is 0 Å². The van der Waals surface area contributed by atoms with Crippen molar-refractivity contribution < 1.29 is 24.2 Å². The molecule has 1 aliphatic rings. The molecule has 0 unspecified atom stereocenters. The second kappa shape index (κ2) is 4.04. The molecule has 1 aromatic rings. The normalized spacial score (nSPS) is 21.9. The minimum atomic E-state index is -1.03. The van der Waals surface area contributed by atoms with Gasteiger partial charge in [0.1, 0.15) is 0 Å². The Morgan fingerprint density at radius 3 is 2.65 bits per heavy atom. The molecule has 1 saturated carbocycles. The van der Waals surface area contributed by atoms with E-state index in [0.29, 0.717) is 0 Å². The lowest BCUT2D eigenvalue weighted by Crippen LogP contribution is -2.17. The van der Waals surface area contributed by atoms with E-state index >= 15 is 0 Å². The van der Waals surface area contributed by atoms with Crippen LogP contribution in [-0.4, -0.2) is 22.1 Å². The van der Waals surface area contributed by atoms with Gasteiger partial charge in [0.2, 0.25) is 5.91 Å². The van der Waals surface area contributed by atoms with Crippen LogP contribution < -0.4 is 5.32 Å². The fraction of sp³-hybridized carbons (Fsp3) is 0.273. The summed E-state index contributed by atoms with van der Waals surface area (Å²) in [7, 11) is 0. The maximum atomic E-state index is 13.3. The van der Waals surface area contributed by atoms with Crippen molar-refractivity contribution in [3.8, 4) is 5.75 Å². The van der Waals surface area contributed by atoms with E-state index in [0.717, 1.165) is 6.07 Å². The van der Waals surface area contributed by atoms with Gasteiger partial charge in [0, 0.05) is 0 Å². The molecule has 2 atom stereocenters. The van der Waals surface area contributed by atoms with Crippen molar-refractivity contribution in [2.75, 3.05) is 5.32 Å². The number of hydrogen-bond acceptors (Lipinski definition) is 3. The number of anilines is 1. The average molecular weight is 239 g/mol. The number of phenols is 1. The molecule has 3 N–H and O–H groups in total. The second-order valence-corrected chi connectivity index (χ2v) is 3.91. The third-order valence-corrected chi connectivity index (χ3v) is 2.68. The van der Waals surface area contributed by atoms with Crippen LogP contribution >= 0.6 is 0 Å². The van der Waals surface area contributed by atoms with Gasteiger partial charge in [-0.05, 0) is 18.6 Å². The first-order valence-corrected chi connectivity index (χ1v) is 5.02. The summed E-state index contributed by atoms with van der Waals surface area (Å²) in [6.07, 6.45) is 0.265. The number of phenolic OH excluding ortho intramolecular Hbond substituents is 1. The zero-order valence-electron chi connectivity index (χ0n) is 8.68. The van der Waals surface area contributed by atoms with Crippen LogP contribution in [-0.2, 0) is 9.59 Å². The molecular formula is C11H10FNO4. The molecule has 1 aliphatic carbocycles. The molecule has 6 heteroatoms. The van der Waals surface area contributed by atoms with E-state index in [4.69, 9.17) is 10.2 Å². The number of carbonyl (C=O) groups is 2.